The SMILES string of the molecule is CCCCC/C=C\C/C=C\CCCCCCCCC1(CCCCCCCC/C=C\C/C=C\CCCCC)OCC(CCN(C)C(C)(C)CC(C)(C)c2ccncc2)O1. The van der Waals surface area contributed by atoms with E-state index in [-0.39, 0.29) is 22.8 Å². The van der Waals surface area contributed by atoms with Crippen molar-refractivity contribution in [2.24, 2.45) is 0 Å². The Morgan fingerprint density at radius 1 is 0.621 bits per heavy atom. The molecule has 2 heterocycles. The molecule has 1 atom stereocenters. The van der Waals surface area contributed by atoms with Gasteiger partial charge in [0.15, 0.2) is 5.79 Å². The molecule has 0 saturated carbocycles. The summed E-state index contributed by atoms with van der Waals surface area (Å²) < 4.78 is 13.6. The van der Waals surface area contributed by atoms with E-state index in [1.807, 2.05) is 12.4 Å². The monoisotopic (exact) mass is 803 g/mol. The molecule has 4 heteroatoms. The first-order valence-corrected chi connectivity index (χ1v) is 24.7. The average molecular weight is 803 g/mol. The van der Waals surface area contributed by atoms with Crippen molar-refractivity contribution in [3.8, 4) is 0 Å². The van der Waals surface area contributed by atoms with Crippen molar-refractivity contribution in [1.82, 2.24) is 9.88 Å². The van der Waals surface area contributed by atoms with Gasteiger partial charge in [0, 0.05) is 37.3 Å². The number of ether oxygens (including phenoxy) is 2. The maximum absolute atomic E-state index is 6.95. The third-order valence-corrected chi connectivity index (χ3v) is 12.6. The topological polar surface area (TPSA) is 34.6 Å². The van der Waals surface area contributed by atoms with Gasteiger partial charge in [-0.15, -0.1) is 0 Å². The maximum Gasteiger partial charge on any atom is 0.168 e. The van der Waals surface area contributed by atoms with Gasteiger partial charge in [-0.1, -0.05) is 153 Å². The first-order chi connectivity index (χ1) is 28.1. The van der Waals surface area contributed by atoms with Crippen LogP contribution in [0.3, 0.4) is 0 Å². The summed E-state index contributed by atoms with van der Waals surface area (Å²) in [7, 11) is 2.29. The van der Waals surface area contributed by atoms with Gasteiger partial charge in [-0.3, -0.25) is 4.98 Å². The number of hydrogen-bond donors (Lipinski definition) is 0. The van der Waals surface area contributed by atoms with E-state index in [9.17, 15) is 0 Å². The Labute approximate surface area is 361 Å². The van der Waals surface area contributed by atoms with E-state index in [1.54, 1.807) is 0 Å². The van der Waals surface area contributed by atoms with Gasteiger partial charge in [-0.25, -0.2) is 0 Å². The molecule has 58 heavy (non-hydrogen) atoms. The van der Waals surface area contributed by atoms with Crippen molar-refractivity contribution in [3.05, 3.63) is 78.7 Å². The highest BCUT2D eigenvalue weighted by Crippen LogP contribution is 2.37. The Bertz CT molecular complexity index is 1170. The number of rotatable bonds is 37. The summed E-state index contributed by atoms with van der Waals surface area (Å²) in [6.07, 6.45) is 57.8. The molecule has 0 N–H and O–H groups in total. The highest BCUT2D eigenvalue weighted by atomic mass is 16.7. The van der Waals surface area contributed by atoms with Crippen LogP contribution in [0.1, 0.15) is 227 Å². The molecule has 0 aromatic carbocycles. The van der Waals surface area contributed by atoms with Crippen molar-refractivity contribution < 1.29 is 9.47 Å². The summed E-state index contributed by atoms with van der Waals surface area (Å²) in [4.78, 5) is 6.79. The third-order valence-electron chi connectivity index (χ3n) is 12.6. The van der Waals surface area contributed by atoms with Crippen LogP contribution in [-0.4, -0.2) is 47.5 Å². The third kappa shape index (κ3) is 24.9. The van der Waals surface area contributed by atoms with Gasteiger partial charge in [0.2, 0.25) is 0 Å². The lowest BCUT2D eigenvalue weighted by Crippen LogP contribution is -2.46. The van der Waals surface area contributed by atoms with Gasteiger partial charge in [0.25, 0.3) is 0 Å². The molecule has 4 nitrogen and oxygen atoms in total. The molecule has 1 aliphatic rings. The quantitative estimate of drug-likeness (QED) is 0.0496. The molecule has 1 fully saturated rings. The molecule has 2 rings (SSSR count). The second-order valence-electron chi connectivity index (χ2n) is 18.9. The molecule has 0 spiro atoms. The van der Waals surface area contributed by atoms with Crippen LogP contribution in [0.2, 0.25) is 0 Å². The summed E-state index contributed by atoms with van der Waals surface area (Å²) in [5, 5.41) is 0. The maximum atomic E-state index is 6.95. The number of hydrogen-bond acceptors (Lipinski definition) is 4. The molecule has 0 bridgehead atoms. The highest BCUT2D eigenvalue weighted by Gasteiger charge is 2.41. The lowest BCUT2D eigenvalue weighted by molar-refractivity contribution is -0.180. The van der Waals surface area contributed by atoms with Crippen LogP contribution < -0.4 is 0 Å². The van der Waals surface area contributed by atoms with E-state index in [2.05, 4.69) is 119 Å². The second-order valence-corrected chi connectivity index (χ2v) is 18.9. The fraction of sp³-hybridized carbons (Fsp3) is 0.759. The molecule has 332 valence electrons. The highest BCUT2D eigenvalue weighted by molar-refractivity contribution is 5.21. The normalized spacial score (nSPS) is 16.4. The zero-order chi connectivity index (χ0) is 42.1. The molecular weight excluding hydrogens is 709 g/mol. The second kappa shape index (κ2) is 32.7. The molecule has 1 aromatic heterocycles. The summed E-state index contributed by atoms with van der Waals surface area (Å²) in [5.41, 5.74) is 1.49. The van der Waals surface area contributed by atoms with Crippen molar-refractivity contribution >= 4 is 0 Å². The summed E-state index contributed by atoms with van der Waals surface area (Å²) in [5.74, 6) is -0.382. The Balaban J connectivity index is 1.74. The zero-order valence-corrected chi connectivity index (χ0v) is 39.4. The summed E-state index contributed by atoms with van der Waals surface area (Å²) in [6, 6.07) is 4.34. The van der Waals surface area contributed by atoms with Crippen LogP contribution >= 0.6 is 0 Å². The lowest BCUT2D eigenvalue weighted by atomic mass is 9.75. The Hall–Kier alpha value is -2.01. The first-order valence-electron chi connectivity index (χ1n) is 24.7. The number of nitrogens with zero attached hydrogens (tertiary/aromatic N) is 2. The number of allylic oxidation sites excluding steroid dienone is 8. The van der Waals surface area contributed by atoms with E-state index in [0.29, 0.717) is 0 Å². The molecule has 1 saturated heterocycles. The molecule has 1 aliphatic heterocycles. The zero-order valence-electron chi connectivity index (χ0n) is 39.4. The van der Waals surface area contributed by atoms with Crippen molar-refractivity contribution in [2.75, 3.05) is 20.2 Å². The number of unbranched alkanes of at least 4 members (excludes halogenated alkanes) is 18. The van der Waals surface area contributed by atoms with Crippen LogP contribution in [-0.2, 0) is 14.9 Å². The minimum absolute atomic E-state index is 0.0612. The molecule has 0 radical (unpaired) electrons. The lowest BCUT2D eigenvalue weighted by Gasteiger charge is -2.42. The van der Waals surface area contributed by atoms with Crippen LogP contribution in [0.4, 0.5) is 0 Å². The predicted octanol–water partition coefficient (Wildman–Crippen LogP) is 16.4. The molecule has 0 amide bonds. The summed E-state index contributed by atoms with van der Waals surface area (Å²) in [6.45, 7) is 15.8. The van der Waals surface area contributed by atoms with Gasteiger partial charge in [0.05, 0.1) is 12.7 Å². The molecule has 0 aliphatic carbocycles. The van der Waals surface area contributed by atoms with Crippen molar-refractivity contribution in [3.63, 3.8) is 0 Å². The number of aromatic nitrogens is 1. The van der Waals surface area contributed by atoms with E-state index in [1.165, 1.54) is 147 Å². The predicted molar refractivity (Wildman–Crippen MR) is 255 cm³/mol. The fourth-order valence-corrected chi connectivity index (χ4v) is 8.67. The van der Waals surface area contributed by atoms with Crippen molar-refractivity contribution in [1.29, 1.82) is 0 Å². The number of pyridine rings is 1. The van der Waals surface area contributed by atoms with Gasteiger partial charge in [0.1, 0.15) is 0 Å². The minimum atomic E-state index is -0.382. The van der Waals surface area contributed by atoms with Crippen LogP contribution in [0.25, 0.3) is 0 Å². The Kier molecular flexibility index (Phi) is 29.4. The van der Waals surface area contributed by atoms with E-state index >= 15 is 0 Å². The standard InChI is InChI=1S/C54H94N2O2/c1-8-10-12-14-16-18-20-22-24-26-28-30-32-34-36-38-43-54(44-39-37-35-33-31-29-27-25-23-21-19-17-15-13-11-9-2)57-48-51(58-54)42-47-56(7)53(5,6)49-52(3,4)50-40-45-55-46-41-50/h16-19,22-25,40-41,45-46,51H,8-15,20-21,26-39,42-44,47-49H2,1-7H3/b18-16-,19-17-,24-22-,25-23-. The largest absolute Gasteiger partial charge is 0.347 e. The van der Waals surface area contributed by atoms with E-state index in [4.69, 9.17) is 9.47 Å². The molecular formula is C54H94N2O2. The van der Waals surface area contributed by atoms with E-state index in [0.717, 1.165) is 51.7 Å². The Morgan fingerprint density at radius 2 is 1.05 bits per heavy atom. The van der Waals surface area contributed by atoms with Crippen LogP contribution in [0, 0.1) is 0 Å². The fourth-order valence-electron chi connectivity index (χ4n) is 8.67. The van der Waals surface area contributed by atoms with Gasteiger partial charge >= 0.3 is 0 Å². The van der Waals surface area contributed by atoms with Gasteiger partial charge in [-0.2, -0.15) is 0 Å². The van der Waals surface area contributed by atoms with Crippen LogP contribution in [0.15, 0.2) is 73.1 Å². The average Bonchev–Trinajstić information content (AvgIpc) is 3.62. The summed E-state index contributed by atoms with van der Waals surface area (Å²) >= 11 is 0. The van der Waals surface area contributed by atoms with Crippen molar-refractivity contribution in [2.45, 2.75) is 244 Å². The molecule has 1 unspecified atom stereocenters. The minimum Gasteiger partial charge on any atom is -0.347 e. The van der Waals surface area contributed by atoms with Gasteiger partial charge in [-0.05, 0) is 134 Å². The smallest absolute Gasteiger partial charge is 0.168 e. The first kappa shape index (κ1) is 52.1. The van der Waals surface area contributed by atoms with Crippen LogP contribution in [0.5, 0.6) is 0 Å². The molecule has 1 aromatic rings. The Morgan fingerprint density at radius 3 is 1.52 bits per heavy atom. The van der Waals surface area contributed by atoms with E-state index < -0.39 is 0 Å². The van der Waals surface area contributed by atoms with Gasteiger partial charge < -0.3 is 14.4 Å².